The third kappa shape index (κ3) is 5.56. The molecule has 1 heterocycles. The second-order valence-corrected chi connectivity index (χ2v) is 5.11. The molecule has 0 aromatic carbocycles. The van der Waals surface area contributed by atoms with E-state index in [1.54, 1.807) is 18.2 Å². The van der Waals surface area contributed by atoms with E-state index in [-0.39, 0.29) is 5.75 Å². The highest BCUT2D eigenvalue weighted by Crippen LogP contribution is 2.08. The highest BCUT2D eigenvalue weighted by atomic mass is 35.5. The third-order valence-corrected chi connectivity index (χ3v) is 2.70. The van der Waals surface area contributed by atoms with Crippen molar-refractivity contribution in [2.24, 2.45) is 5.14 Å². The van der Waals surface area contributed by atoms with Crippen molar-refractivity contribution < 1.29 is 8.42 Å². The van der Waals surface area contributed by atoms with Crippen molar-refractivity contribution in [2.45, 2.75) is 6.42 Å². The first-order valence-corrected chi connectivity index (χ1v) is 6.43. The molecule has 0 aliphatic rings. The first kappa shape index (κ1) is 12.2. The minimum atomic E-state index is -3.37. The molecule has 0 saturated carbocycles. The van der Waals surface area contributed by atoms with Gasteiger partial charge in [0, 0.05) is 6.54 Å². The molecule has 0 aliphatic carbocycles. The van der Waals surface area contributed by atoms with Crippen molar-refractivity contribution >= 4 is 27.4 Å². The van der Waals surface area contributed by atoms with Crippen LogP contribution in [-0.4, -0.2) is 25.7 Å². The van der Waals surface area contributed by atoms with Crippen LogP contribution in [0.25, 0.3) is 0 Å². The Morgan fingerprint density at radius 2 is 2.20 bits per heavy atom. The third-order valence-electron chi connectivity index (χ3n) is 1.63. The minimum absolute atomic E-state index is 0.0411. The number of hydrogen-bond donors (Lipinski definition) is 2. The van der Waals surface area contributed by atoms with Crippen molar-refractivity contribution in [2.75, 3.05) is 17.6 Å². The lowest BCUT2D eigenvalue weighted by molar-refractivity contribution is 0.595. The lowest BCUT2D eigenvalue weighted by Crippen LogP contribution is -2.18. The number of aromatic nitrogens is 1. The van der Waals surface area contributed by atoms with Gasteiger partial charge in [0.15, 0.2) is 0 Å². The largest absolute Gasteiger partial charge is 0.370 e. The average molecular weight is 250 g/mol. The molecule has 3 N–H and O–H groups in total. The number of halogens is 1. The molecule has 1 aromatic rings. The van der Waals surface area contributed by atoms with E-state index < -0.39 is 10.0 Å². The molecule has 0 radical (unpaired) electrons. The van der Waals surface area contributed by atoms with Gasteiger partial charge in [-0.15, -0.1) is 0 Å². The molecule has 7 heteroatoms. The standard InChI is InChI=1S/C8H12ClN3O2S/c9-7-3-1-4-8(12-7)11-5-2-6-15(10,13)14/h1,3-4H,2,5-6H2,(H,11,12)(H2,10,13,14). The van der Waals surface area contributed by atoms with E-state index >= 15 is 0 Å². The Morgan fingerprint density at radius 3 is 2.80 bits per heavy atom. The molecule has 0 unspecified atom stereocenters. The maximum Gasteiger partial charge on any atom is 0.209 e. The molecule has 1 aromatic heterocycles. The number of sulfonamides is 1. The van der Waals surface area contributed by atoms with Gasteiger partial charge in [0.25, 0.3) is 0 Å². The Labute approximate surface area is 93.7 Å². The van der Waals surface area contributed by atoms with Crippen LogP contribution >= 0.6 is 11.6 Å². The Balaban J connectivity index is 2.32. The predicted octanol–water partition coefficient (Wildman–Crippen LogP) is 0.825. The van der Waals surface area contributed by atoms with Crippen LogP contribution in [0.5, 0.6) is 0 Å². The monoisotopic (exact) mass is 249 g/mol. The Bertz CT molecular complexity index is 422. The zero-order valence-corrected chi connectivity index (χ0v) is 9.55. The number of rotatable bonds is 5. The summed E-state index contributed by atoms with van der Waals surface area (Å²) in [6.07, 6.45) is 0.438. The fraction of sp³-hybridized carbons (Fsp3) is 0.375. The predicted molar refractivity (Wildman–Crippen MR) is 60.3 cm³/mol. The fourth-order valence-corrected chi connectivity index (χ4v) is 1.71. The number of pyridine rings is 1. The van der Waals surface area contributed by atoms with Crippen LogP contribution in [-0.2, 0) is 10.0 Å². The minimum Gasteiger partial charge on any atom is -0.370 e. The molecular weight excluding hydrogens is 238 g/mol. The summed E-state index contributed by atoms with van der Waals surface area (Å²) in [6, 6.07) is 5.18. The molecule has 0 aliphatic heterocycles. The Hall–Kier alpha value is -0.850. The van der Waals surface area contributed by atoms with Gasteiger partial charge in [-0.05, 0) is 18.6 Å². The van der Waals surface area contributed by atoms with E-state index in [9.17, 15) is 8.42 Å². The maximum atomic E-state index is 10.6. The summed E-state index contributed by atoms with van der Waals surface area (Å²) < 4.78 is 21.2. The number of nitrogens with two attached hydrogens (primary N) is 1. The van der Waals surface area contributed by atoms with Crippen molar-refractivity contribution in [3.63, 3.8) is 0 Å². The summed E-state index contributed by atoms with van der Waals surface area (Å²) in [6.45, 7) is 0.490. The Kier molecular flexibility index (Phi) is 4.31. The molecule has 1 rings (SSSR count). The summed E-state index contributed by atoms with van der Waals surface area (Å²) >= 11 is 5.66. The summed E-state index contributed by atoms with van der Waals surface area (Å²) in [7, 11) is -3.37. The van der Waals surface area contributed by atoms with Gasteiger partial charge in [0.05, 0.1) is 5.75 Å². The number of anilines is 1. The lowest BCUT2D eigenvalue weighted by Gasteiger charge is -2.04. The molecule has 15 heavy (non-hydrogen) atoms. The highest BCUT2D eigenvalue weighted by Gasteiger charge is 2.01. The van der Waals surface area contributed by atoms with E-state index in [1.165, 1.54) is 0 Å². The lowest BCUT2D eigenvalue weighted by atomic mass is 10.4. The smallest absolute Gasteiger partial charge is 0.209 e. The molecule has 0 spiro atoms. The van der Waals surface area contributed by atoms with Crippen LogP contribution in [0, 0.1) is 0 Å². The Morgan fingerprint density at radius 1 is 1.47 bits per heavy atom. The van der Waals surface area contributed by atoms with Gasteiger partial charge in [-0.25, -0.2) is 18.5 Å². The van der Waals surface area contributed by atoms with Crippen LogP contribution in [0.3, 0.4) is 0 Å². The SMILES string of the molecule is NS(=O)(=O)CCCNc1cccc(Cl)n1. The van der Waals surface area contributed by atoms with Gasteiger partial charge < -0.3 is 5.32 Å². The summed E-state index contributed by atoms with van der Waals surface area (Å²) in [4.78, 5) is 3.98. The van der Waals surface area contributed by atoms with Crippen molar-refractivity contribution in [1.82, 2.24) is 4.98 Å². The first-order chi connectivity index (χ1) is 6.97. The van der Waals surface area contributed by atoms with Crippen molar-refractivity contribution in [1.29, 1.82) is 0 Å². The molecular formula is C8H12ClN3O2S. The van der Waals surface area contributed by atoms with E-state index in [0.717, 1.165) is 0 Å². The number of primary sulfonamides is 1. The van der Waals surface area contributed by atoms with E-state index in [0.29, 0.717) is 23.9 Å². The average Bonchev–Trinajstić information content (AvgIpc) is 2.11. The van der Waals surface area contributed by atoms with Crippen LogP contribution < -0.4 is 10.5 Å². The van der Waals surface area contributed by atoms with Gasteiger partial charge >= 0.3 is 0 Å². The molecule has 0 saturated heterocycles. The normalized spacial score (nSPS) is 11.3. The molecule has 0 fully saturated rings. The van der Waals surface area contributed by atoms with Gasteiger partial charge in [-0.2, -0.15) is 0 Å². The molecule has 0 bridgehead atoms. The van der Waals surface area contributed by atoms with E-state index in [4.69, 9.17) is 16.7 Å². The number of hydrogen-bond acceptors (Lipinski definition) is 4. The van der Waals surface area contributed by atoms with Crippen LogP contribution in [0.15, 0.2) is 18.2 Å². The van der Waals surface area contributed by atoms with Gasteiger partial charge in [0.1, 0.15) is 11.0 Å². The summed E-state index contributed by atoms with van der Waals surface area (Å²) in [5.74, 6) is 0.581. The summed E-state index contributed by atoms with van der Waals surface area (Å²) in [5.41, 5.74) is 0. The molecule has 0 amide bonds. The van der Waals surface area contributed by atoms with Crippen LogP contribution in [0.1, 0.15) is 6.42 Å². The quantitative estimate of drug-likeness (QED) is 0.598. The van der Waals surface area contributed by atoms with E-state index in [1.807, 2.05) is 0 Å². The second-order valence-electron chi connectivity index (χ2n) is 2.99. The van der Waals surface area contributed by atoms with Gasteiger partial charge in [-0.3, -0.25) is 0 Å². The molecule has 0 atom stereocenters. The summed E-state index contributed by atoms with van der Waals surface area (Å²) in [5, 5.41) is 8.18. The number of nitrogens with one attached hydrogen (secondary N) is 1. The zero-order chi connectivity index (χ0) is 11.3. The fourth-order valence-electron chi connectivity index (χ4n) is 0.997. The first-order valence-electron chi connectivity index (χ1n) is 4.34. The maximum absolute atomic E-state index is 10.6. The second kappa shape index (κ2) is 5.29. The zero-order valence-electron chi connectivity index (χ0n) is 7.98. The van der Waals surface area contributed by atoms with Gasteiger partial charge in [-0.1, -0.05) is 17.7 Å². The van der Waals surface area contributed by atoms with Crippen molar-refractivity contribution in [3.8, 4) is 0 Å². The number of nitrogens with zero attached hydrogens (tertiary/aromatic N) is 1. The van der Waals surface area contributed by atoms with E-state index in [2.05, 4.69) is 10.3 Å². The van der Waals surface area contributed by atoms with Crippen LogP contribution in [0.4, 0.5) is 5.82 Å². The molecule has 84 valence electrons. The van der Waals surface area contributed by atoms with Gasteiger partial charge in [0.2, 0.25) is 10.0 Å². The topological polar surface area (TPSA) is 85.1 Å². The van der Waals surface area contributed by atoms with Crippen molar-refractivity contribution in [3.05, 3.63) is 23.4 Å². The highest BCUT2D eigenvalue weighted by molar-refractivity contribution is 7.89. The van der Waals surface area contributed by atoms with Crippen LogP contribution in [0.2, 0.25) is 5.15 Å². The molecule has 5 nitrogen and oxygen atoms in total.